The van der Waals surface area contributed by atoms with Crippen LogP contribution in [0.3, 0.4) is 0 Å². The maximum atomic E-state index is 13.1. The molecule has 30 heavy (non-hydrogen) atoms. The maximum absolute atomic E-state index is 13.1. The number of amides is 4. The summed E-state index contributed by atoms with van der Waals surface area (Å²) >= 11 is 0. The molecule has 7 heteroatoms. The summed E-state index contributed by atoms with van der Waals surface area (Å²) in [6.07, 6.45) is 4.02. The molecule has 2 aliphatic heterocycles. The minimum absolute atomic E-state index is 0.0924. The van der Waals surface area contributed by atoms with Gasteiger partial charge in [0.05, 0.1) is 6.54 Å². The number of halogens is 1. The molecule has 2 aliphatic rings. The van der Waals surface area contributed by atoms with Gasteiger partial charge >= 0.3 is 6.03 Å². The lowest BCUT2D eigenvalue weighted by Gasteiger charge is -2.36. The van der Waals surface area contributed by atoms with Crippen molar-refractivity contribution in [2.45, 2.75) is 24.9 Å². The first-order chi connectivity index (χ1) is 14.5. The van der Waals surface area contributed by atoms with E-state index in [1.807, 2.05) is 30.3 Å². The van der Waals surface area contributed by atoms with Crippen molar-refractivity contribution < 1.29 is 18.8 Å². The first-order valence-corrected chi connectivity index (χ1v) is 9.87. The molecule has 154 valence electrons. The molecule has 0 bridgehead atoms. The molecule has 0 saturated carbocycles. The highest BCUT2D eigenvalue weighted by atomic mass is 19.1. The normalized spacial score (nSPS) is 18.3. The first-order valence-electron chi connectivity index (χ1n) is 9.87. The largest absolute Gasteiger partial charge is 0.339 e. The van der Waals surface area contributed by atoms with Crippen LogP contribution in [0.4, 0.5) is 9.18 Å². The zero-order chi connectivity index (χ0) is 21.1. The number of benzene rings is 2. The average Bonchev–Trinajstić information content (AvgIpc) is 2.99. The van der Waals surface area contributed by atoms with Gasteiger partial charge in [0.25, 0.3) is 5.91 Å². The number of likely N-dealkylation sites (tertiary alicyclic amines) is 1. The quantitative estimate of drug-likeness (QED) is 0.626. The second-order valence-electron chi connectivity index (χ2n) is 7.60. The van der Waals surface area contributed by atoms with Crippen molar-refractivity contribution >= 4 is 23.9 Å². The van der Waals surface area contributed by atoms with Crippen molar-refractivity contribution in [2.75, 3.05) is 13.1 Å². The number of carbonyl (C=O) groups is 3. The van der Waals surface area contributed by atoms with Crippen LogP contribution in [0.15, 0.2) is 60.7 Å². The average molecular weight is 407 g/mol. The minimum atomic E-state index is -0.975. The molecule has 2 aromatic rings. The molecule has 2 aromatic carbocycles. The predicted octanol–water partition coefficient (Wildman–Crippen LogP) is 2.95. The number of urea groups is 1. The van der Waals surface area contributed by atoms with Crippen molar-refractivity contribution in [3.63, 3.8) is 0 Å². The molecule has 2 saturated heterocycles. The maximum Gasteiger partial charge on any atom is 0.325 e. The summed E-state index contributed by atoms with van der Waals surface area (Å²) in [6, 6.07) is 14.8. The van der Waals surface area contributed by atoms with E-state index >= 15 is 0 Å². The number of imide groups is 1. The Labute approximate surface area is 174 Å². The van der Waals surface area contributed by atoms with Crippen molar-refractivity contribution in [1.82, 2.24) is 15.1 Å². The van der Waals surface area contributed by atoms with Gasteiger partial charge < -0.3 is 10.2 Å². The molecule has 6 nitrogen and oxygen atoms in total. The number of nitrogens with one attached hydrogen (secondary N) is 1. The molecule has 1 spiro atoms. The van der Waals surface area contributed by atoms with Gasteiger partial charge in [-0.3, -0.25) is 14.5 Å². The predicted molar refractivity (Wildman–Crippen MR) is 110 cm³/mol. The molecular weight excluding hydrogens is 385 g/mol. The smallest absolute Gasteiger partial charge is 0.325 e. The minimum Gasteiger partial charge on any atom is -0.339 e. The number of rotatable bonds is 4. The van der Waals surface area contributed by atoms with Crippen molar-refractivity contribution in [1.29, 1.82) is 0 Å². The Morgan fingerprint density at radius 3 is 2.37 bits per heavy atom. The van der Waals surface area contributed by atoms with Crippen molar-refractivity contribution in [3.05, 3.63) is 77.6 Å². The van der Waals surface area contributed by atoms with Gasteiger partial charge in [0.2, 0.25) is 5.91 Å². The Hall–Kier alpha value is -3.48. The SMILES string of the molecule is O=C(/C=C/c1ccccc1)N1CCC2(CC1)NC(=O)N(Cc1ccc(F)cc1)C2=O. The van der Waals surface area contributed by atoms with E-state index in [2.05, 4.69) is 5.32 Å². The van der Waals surface area contributed by atoms with Gasteiger partial charge in [-0.05, 0) is 42.2 Å². The summed E-state index contributed by atoms with van der Waals surface area (Å²) in [6.45, 7) is 0.859. The van der Waals surface area contributed by atoms with Crippen LogP contribution in [0.25, 0.3) is 6.08 Å². The highest BCUT2D eigenvalue weighted by molar-refractivity contribution is 6.07. The van der Waals surface area contributed by atoms with Crippen molar-refractivity contribution in [2.24, 2.45) is 0 Å². The van der Waals surface area contributed by atoms with E-state index in [0.717, 1.165) is 5.56 Å². The lowest BCUT2D eigenvalue weighted by Crippen LogP contribution is -2.55. The monoisotopic (exact) mass is 407 g/mol. The van der Waals surface area contributed by atoms with Crippen LogP contribution in [0, 0.1) is 5.82 Å². The van der Waals surface area contributed by atoms with Crippen LogP contribution in [0.5, 0.6) is 0 Å². The van der Waals surface area contributed by atoms with Crippen LogP contribution < -0.4 is 5.32 Å². The molecule has 2 heterocycles. The van der Waals surface area contributed by atoms with E-state index in [0.29, 0.717) is 31.5 Å². The number of piperidine rings is 1. The fourth-order valence-corrected chi connectivity index (χ4v) is 3.88. The van der Waals surface area contributed by atoms with Gasteiger partial charge in [0, 0.05) is 19.2 Å². The topological polar surface area (TPSA) is 69.7 Å². The Morgan fingerprint density at radius 2 is 1.70 bits per heavy atom. The van der Waals surface area contributed by atoms with Gasteiger partial charge in [-0.15, -0.1) is 0 Å². The molecule has 0 radical (unpaired) electrons. The lowest BCUT2D eigenvalue weighted by atomic mass is 9.87. The molecule has 0 aliphatic carbocycles. The molecule has 0 atom stereocenters. The summed E-state index contributed by atoms with van der Waals surface area (Å²) in [5.74, 6) is -0.775. The summed E-state index contributed by atoms with van der Waals surface area (Å²) in [5.41, 5.74) is 0.640. The zero-order valence-corrected chi connectivity index (χ0v) is 16.4. The van der Waals surface area contributed by atoms with Gasteiger partial charge in [-0.1, -0.05) is 42.5 Å². The van der Waals surface area contributed by atoms with E-state index in [-0.39, 0.29) is 24.2 Å². The molecule has 0 aromatic heterocycles. The third-order valence-corrected chi connectivity index (χ3v) is 5.65. The Kier molecular flexibility index (Phi) is 5.35. The van der Waals surface area contributed by atoms with E-state index in [4.69, 9.17) is 0 Å². The summed E-state index contributed by atoms with van der Waals surface area (Å²) < 4.78 is 13.1. The first kappa shape index (κ1) is 19.8. The number of hydrogen-bond acceptors (Lipinski definition) is 3. The molecular formula is C23H22FN3O3. The molecule has 1 N–H and O–H groups in total. The molecule has 4 rings (SSSR count). The molecule has 0 unspecified atom stereocenters. The molecule has 4 amide bonds. The highest BCUT2D eigenvalue weighted by Crippen LogP contribution is 2.30. The highest BCUT2D eigenvalue weighted by Gasteiger charge is 2.52. The summed E-state index contributed by atoms with van der Waals surface area (Å²) in [5, 5.41) is 2.83. The Balaban J connectivity index is 1.38. The van der Waals surface area contributed by atoms with E-state index < -0.39 is 11.6 Å². The van der Waals surface area contributed by atoms with E-state index in [9.17, 15) is 18.8 Å². The van der Waals surface area contributed by atoms with Crippen LogP contribution in [-0.2, 0) is 16.1 Å². The third-order valence-electron chi connectivity index (χ3n) is 5.65. The number of nitrogens with zero attached hydrogens (tertiary/aromatic N) is 2. The Bertz CT molecular complexity index is 981. The fraction of sp³-hybridized carbons (Fsp3) is 0.261. The number of hydrogen-bond donors (Lipinski definition) is 1. The van der Waals surface area contributed by atoms with Gasteiger partial charge in [0.1, 0.15) is 11.4 Å². The van der Waals surface area contributed by atoms with Crippen LogP contribution in [0.1, 0.15) is 24.0 Å². The molecule has 2 fully saturated rings. The van der Waals surface area contributed by atoms with Gasteiger partial charge in [-0.25, -0.2) is 9.18 Å². The van der Waals surface area contributed by atoms with Gasteiger partial charge in [-0.2, -0.15) is 0 Å². The lowest BCUT2D eigenvalue weighted by molar-refractivity contribution is -0.136. The zero-order valence-electron chi connectivity index (χ0n) is 16.4. The number of carbonyl (C=O) groups excluding carboxylic acids is 3. The standard InChI is InChI=1S/C23H22FN3O3/c24-19-9-6-18(7-10-19)16-27-21(29)23(25-22(27)30)12-14-26(15-13-23)20(28)11-8-17-4-2-1-3-5-17/h1-11H,12-16H2,(H,25,30)/b11-8+. The Morgan fingerprint density at radius 1 is 1.03 bits per heavy atom. The van der Waals surface area contributed by atoms with Gasteiger partial charge in [0.15, 0.2) is 0 Å². The fourth-order valence-electron chi connectivity index (χ4n) is 3.88. The van der Waals surface area contributed by atoms with Crippen LogP contribution in [-0.4, -0.2) is 46.3 Å². The van der Waals surface area contributed by atoms with E-state index in [1.165, 1.54) is 23.1 Å². The van der Waals surface area contributed by atoms with Crippen molar-refractivity contribution in [3.8, 4) is 0 Å². The van der Waals surface area contributed by atoms with E-state index in [1.54, 1.807) is 23.1 Å². The summed E-state index contributed by atoms with van der Waals surface area (Å²) in [4.78, 5) is 40.8. The second-order valence-corrected chi connectivity index (χ2v) is 7.60. The van der Waals surface area contributed by atoms with Crippen LogP contribution in [0.2, 0.25) is 0 Å². The second kappa shape index (κ2) is 8.10. The van der Waals surface area contributed by atoms with Crippen LogP contribution >= 0.6 is 0 Å². The third kappa shape index (κ3) is 3.96. The summed E-state index contributed by atoms with van der Waals surface area (Å²) in [7, 11) is 0.